The van der Waals surface area contributed by atoms with Gasteiger partial charge in [0.2, 0.25) is 0 Å². The van der Waals surface area contributed by atoms with Crippen LogP contribution in [0, 0.1) is 53.3 Å². The molecule has 0 aromatic heterocycles. The molecule has 0 aliphatic heterocycles. The van der Waals surface area contributed by atoms with Crippen molar-refractivity contribution in [2.45, 2.75) is 131 Å². The molecule has 69 heavy (non-hydrogen) atoms. The Balaban J connectivity index is 1.23. The maximum Gasteiger partial charge on any atom is 0.0415 e. The van der Waals surface area contributed by atoms with E-state index in [4.69, 9.17) is 0 Å². The second-order valence-corrected chi connectivity index (χ2v) is 20.9. The van der Waals surface area contributed by atoms with Crippen LogP contribution >= 0.6 is 0 Å². The zero-order valence-corrected chi connectivity index (χ0v) is 44.1. The molecule has 11 atom stereocenters. The average Bonchev–Trinajstić information content (AvgIpc) is 4.02. The topological polar surface area (TPSA) is 3.24 Å². The molecule has 0 spiro atoms. The molecule has 4 aliphatic rings. The second-order valence-electron chi connectivity index (χ2n) is 20.9. The summed E-state index contributed by atoms with van der Waals surface area (Å²) >= 11 is 0. The van der Waals surface area contributed by atoms with Gasteiger partial charge >= 0.3 is 0 Å². The van der Waals surface area contributed by atoms with E-state index in [-0.39, 0.29) is 0 Å². The summed E-state index contributed by atoms with van der Waals surface area (Å²) in [7, 11) is 0. The normalized spacial score (nSPS) is 24.6. The van der Waals surface area contributed by atoms with Crippen molar-refractivity contribution in [2.75, 3.05) is 11.4 Å². The summed E-state index contributed by atoms with van der Waals surface area (Å²) in [5, 5.41) is 0. The van der Waals surface area contributed by atoms with E-state index in [0.717, 1.165) is 45.1 Å². The van der Waals surface area contributed by atoms with Crippen molar-refractivity contribution in [1.82, 2.24) is 0 Å². The van der Waals surface area contributed by atoms with E-state index in [1.807, 2.05) is 6.08 Å². The Kier molecular flexibility index (Phi) is 21.5. The third-order valence-electron chi connectivity index (χ3n) is 15.8. The third kappa shape index (κ3) is 15.2. The smallest absolute Gasteiger partial charge is 0.0415 e. The summed E-state index contributed by atoms with van der Waals surface area (Å²) < 4.78 is 0. The van der Waals surface area contributed by atoms with Crippen molar-refractivity contribution in [3.63, 3.8) is 0 Å². The Hall–Kier alpha value is -5.14. The number of nitrogens with zero attached hydrogens (tertiary/aromatic N) is 1. The van der Waals surface area contributed by atoms with Crippen LogP contribution in [0.25, 0.3) is 0 Å². The summed E-state index contributed by atoms with van der Waals surface area (Å²) in [6.45, 7) is 23.7. The minimum atomic E-state index is 0.343. The molecule has 0 saturated heterocycles. The van der Waals surface area contributed by atoms with Crippen LogP contribution in [-0.4, -0.2) is 6.54 Å². The van der Waals surface area contributed by atoms with E-state index < -0.39 is 0 Å². The van der Waals surface area contributed by atoms with Gasteiger partial charge in [0.15, 0.2) is 0 Å². The molecule has 0 amide bonds. The minimum absolute atomic E-state index is 0.343. The van der Waals surface area contributed by atoms with Gasteiger partial charge < -0.3 is 4.90 Å². The Morgan fingerprint density at radius 1 is 0.783 bits per heavy atom. The fourth-order valence-corrected chi connectivity index (χ4v) is 11.7. The monoisotopic (exact) mass is 920 g/mol. The Labute approximate surface area is 422 Å². The molecule has 0 radical (unpaired) electrons. The summed E-state index contributed by atoms with van der Waals surface area (Å²) in [5.74, 6) is 5.28. The predicted molar refractivity (Wildman–Crippen MR) is 304 cm³/mol. The summed E-state index contributed by atoms with van der Waals surface area (Å²) in [6.07, 6.45) is 61.5. The summed E-state index contributed by atoms with van der Waals surface area (Å²) in [4.78, 5) is 2.44. The molecule has 0 bridgehead atoms. The number of benzene rings is 2. The van der Waals surface area contributed by atoms with Crippen LogP contribution in [0.1, 0.15) is 143 Å². The maximum absolute atomic E-state index is 4.23. The van der Waals surface area contributed by atoms with E-state index >= 15 is 0 Å². The second kappa shape index (κ2) is 27.9. The first kappa shape index (κ1) is 53.2. The number of para-hydroxylation sites is 1. The van der Waals surface area contributed by atoms with Gasteiger partial charge in [-0.1, -0.05) is 230 Å². The van der Waals surface area contributed by atoms with Crippen molar-refractivity contribution in [3.8, 4) is 0 Å². The van der Waals surface area contributed by atoms with Crippen LogP contribution in [0.2, 0.25) is 0 Å². The highest BCUT2D eigenvalue weighted by Crippen LogP contribution is 2.47. The number of anilines is 1. The molecule has 11 unspecified atom stereocenters. The molecule has 1 nitrogen and oxygen atoms in total. The van der Waals surface area contributed by atoms with Gasteiger partial charge in [0.05, 0.1) is 0 Å². The van der Waals surface area contributed by atoms with Crippen LogP contribution in [0.15, 0.2) is 211 Å². The van der Waals surface area contributed by atoms with Gasteiger partial charge in [-0.3, -0.25) is 0 Å². The minimum Gasteiger partial charge on any atom is -0.338 e. The number of hydrogen-bond donors (Lipinski definition) is 0. The fraction of sp³-hybridized carbons (Fsp3) is 0.441. The highest BCUT2D eigenvalue weighted by atomic mass is 15.1. The quantitative estimate of drug-likeness (QED) is 0.0709. The summed E-state index contributed by atoms with van der Waals surface area (Å²) in [5.41, 5.74) is 9.98. The molecule has 6 rings (SSSR count). The lowest BCUT2D eigenvalue weighted by molar-refractivity contribution is 0.319. The molecule has 4 aliphatic carbocycles. The highest BCUT2D eigenvalue weighted by Gasteiger charge is 2.34. The van der Waals surface area contributed by atoms with Crippen LogP contribution in [-0.2, 0) is 0 Å². The molecule has 2 aromatic carbocycles. The van der Waals surface area contributed by atoms with Crippen LogP contribution in [0.5, 0.6) is 0 Å². The standard InChI is InChI=1S/C68H89N/c1-10-15-19-27-54(9)66(49-55(13-4)28-16-11-2)57-41-43-60(44-42-57)68(63-39-36-51(6)47-63)62-32-24-31-61(50-62)53(8)38-40-56(14-5)67(59-29-20-17-21-30-59)58(26-12-3)33-25-46-69(64-34-22-18-23-35-64)65-45-37-52(7)48-65/h12,15-29,31,33-35,37-38,40-45,47-48,51-53,55-56,59,61-62,66-68H,3,10-11,13-14,30,32,36,39,46,49-50H2,1-2,4-9H3/b19-15?,28-16-,33-25-,40-38-,54-27+,58-26+. The molecular weight excluding hydrogens is 831 g/mol. The lowest BCUT2D eigenvalue weighted by Crippen LogP contribution is -2.25. The third-order valence-corrected chi connectivity index (χ3v) is 15.8. The molecule has 366 valence electrons. The van der Waals surface area contributed by atoms with E-state index in [1.165, 1.54) is 59.3 Å². The van der Waals surface area contributed by atoms with Crippen LogP contribution in [0.4, 0.5) is 5.69 Å². The van der Waals surface area contributed by atoms with Gasteiger partial charge in [0.25, 0.3) is 0 Å². The van der Waals surface area contributed by atoms with Gasteiger partial charge in [-0.25, -0.2) is 0 Å². The van der Waals surface area contributed by atoms with E-state index in [0.29, 0.717) is 65.1 Å². The van der Waals surface area contributed by atoms with Crippen molar-refractivity contribution < 1.29 is 0 Å². The molecule has 1 heteroatoms. The van der Waals surface area contributed by atoms with Crippen molar-refractivity contribution >= 4 is 5.69 Å². The van der Waals surface area contributed by atoms with Gasteiger partial charge in [0.1, 0.15) is 0 Å². The molecule has 2 aromatic rings. The van der Waals surface area contributed by atoms with Gasteiger partial charge in [-0.2, -0.15) is 0 Å². The zero-order chi connectivity index (χ0) is 49.0. The maximum atomic E-state index is 4.23. The fourth-order valence-electron chi connectivity index (χ4n) is 11.7. The molecular formula is C68H89N. The lowest BCUT2D eigenvalue weighted by Gasteiger charge is -2.35. The Morgan fingerprint density at radius 3 is 2.22 bits per heavy atom. The molecule has 0 fully saturated rings. The van der Waals surface area contributed by atoms with Crippen molar-refractivity contribution in [1.29, 1.82) is 0 Å². The number of rotatable bonds is 25. The van der Waals surface area contributed by atoms with E-state index in [2.05, 4.69) is 243 Å². The SMILES string of the molecule is C=C/C=C(\C=C/CN(C1=CC(C)C=C1)c1ccccc1)C(C1C=CC=CC1)C(/C=C\C(C)C1C=CCC(C(C2=CC(C)CC2)c2ccc(C(CC(/C=C\CC)CC)/C(C)=C/C=CCC)cc2)C1)CC. The Bertz CT molecular complexity index is 2270. The predicted octanol–water partition coefficient (Wildman–Crippen LogP) is 19.3. The van der Waals surface area contributed by atoms with Crippen molar-refractivity contribution in [3.05, 3.63) is 222 Å². The van der Waals surface area contributed by atoms with Crippen LogP contribution < -0.4 is 4.90 Å². The first-order valence-corrected chi connectivity index (χ1v) is 27.4. The number of hydrogen-bond acceptors (Lipinski definition) is 1. The van der Waals surface area contributed by atoms with Crippen molar-refractivity contribution in [2.24, 2.45) is 53.3 Å². The average molecular weight is 920 g/mol. The first-order chi connectivity index (χ1) is 33.7. The zero-order valence-electron chi connectivity index (χ0n) is 44.1. The number of allylic oxidation sites excluding steroid dienone is 23. The highest BCUT2D eigenvalue weighted by molar-refractivity contribution is 5.57. The largest absolute Gasteiger partial charge is 0.338 e. The van der Waals surface area contributed by atoms with E-state index in [9.17, 15) is 0 Å². The first-order valence-electron chi connectivity index (χ1n) is 27.4. The van der Waals surface area contributed by atoms with Gasteiger partial charge in [-0.05, 0) is 159 Å². The molecule has 0 saturated carbocycles. The lowest BCUT2D eigenvalue weighted by atomic mass is 9.69. The molecule has 0 heterocycles. The van der Waals surface area contributed by atoms with Gasteiger partial charge in [0, 0.05) is 29.8 Å². The van der Waals surface area contributed by atoms with Gasteiger partial charge in [-0.15, -0.1) is 0 Å². The Morgan fingerprint density at radius 2 is 1.57 bits per heavy atom. The molecule has 0 N–H and O–H groups in total. The van der Waals surface area contributed by atoms with Crippen LogP contribution in [0.3, 0.4) is 0 Å². The summed E-state index contributed by atoms with van der Waals surface area (Å²) in [6, 6.07) is 20.9. The van der Waals surface area contributed by atoms with E-state index in [1.54, 1.807) is 5.57 Å².